The van der Waals surface area contributed by atoms with Gasteiger partial charge in [-0.15, -0.1) is 0 Å². The number of aliphatic hydroxyl groups excluding tert-OH is 1. The van der Waals surface area contributed by atoms with E-state index in [4.69, 9.17) is 5.73 Å². The van der Waals surface area contributed by atoms with Gasteiger partial charge >= 0.3 is 11.9 Å². The van der Waals surface area contributed by atoms with Crippen LogP contribution in [0.3, 0.4) is 0 Å². The Balaban J connectivity index is 1.81. The maximum Gasteiger partial charge on any atom is 0.326 e. The first kappa shape index (κ1) is 42.1. The summed E-state index contributed by atoms with van der Waals surface area (Å²) in [6.45, 7) is 5.08. The SMILES string of the molecule is CC(C)C[C@H](NC(=O)[C@H](Cc1ccccc1)NC(=O)[C@@H](NC(=O)[C@H](CC(=O)O)NC(=O)[C@@H](N)Cc1ccccc1)[C@@H](C)O)C(=O)N1CCC[C@H]1C(=O)O. The van der Waals surface area contributed by atoms with E-state index in [1.807, 2.05) is 13.8 Å². The smallest absolute Gasteiger partial charge is 0.326 e. The Morgan fingerprint density at radius 1 is 0.736 bits per heavy atom. The van der Waals surface area contributed by atoms with Crippen LogP contribution in [-0.2, 0) is 46.4 Å². The van der Waals surface area contributed by atoms with Crippen molar-refractivity contribution < 1.29 is 48.9 Å². The summed E-state index contributed by atoms with van der Waals surface area (Å²) in [6, 6.07) is 9.38. The summed E-state index contributed by atoms with van der Waals surface area (Å²) in [4.78, 5) is 92.1. The fraction of sp³-hybridized carbons (Fsp3) is 0.486. The first-order valence-corrected chi connectivity index (χ1v) is 17.5. The third-order valence-corrected chi connectivity index (χ3v) is 8.77. The number of aliphatic hydroxyl groups is 1. The van der Waals surface area contributed by atoms with E-state index in [0.29, 0.717) is 12.0 Å². The van der Waals surface area contributed by atoms with Crippen LogP contribution in [0.4, 0.5) is 0 Å². The number of carbonyl (C=O) groups excluding carboxylic acids is 5. The monoisotopic (exact) mass is 738 g/mol. The largest absolute Gasteiger partial charge is 0.481 e. The van der Waals surface area contributed by atoms with Crippen LogP contribution in [0.5, 0.6) is 0 Å². The van der Waals surface area contributed by atoms with E-state index in [1.54, 1.807) is 60.7 Å². The van der Waals surface area contributed by atoms with Crippen molar-refractivity contribution in [1.29, 1.82) is 0 Å². The Bertz CT molecular complexity index is 1590. The second-order valence-corrected chi connectivity index (χ2v) is 13.7. The molecule has 1 aliphatic rings. The Labute approximate surface area is 307 Å². The number of hydrogen-bond donors (Lipinski definition) is 8. The van der Waals surface area contributed by atoms with Crippen molar-refractivity contribution in [2.75, 3.05) is 6.54 Å². The molecular formula is C37H50N6O10. The number of carboxylic acid groups (broad SMARTS) is 2. The van der Waals surface area contributed by atoms with Crippen LogP contribution in [-0.4, -0.2) is 111 Å². The molecule has 3 rings (SSSR count). The average Bonchev–Trinajstić information content (AvgIpc) is 3.60. The fourth-order valence-electron chi connectivity index (χ4n) is 6.06. The van der Waals surface area contributed by atoms with Gasteiger partial charge in [0.15, 0.2) is 0 Å². The summed E-state index contributed by atoms with van der Waals surface area (Å²) in [7, 11) is 0. The van der Waals surface area contributed by atoms with Gasteiger partial charge in [-0.3, -0.25) is 28.8 Å². The van der Waals surface area contributed by atoms with Gasteiger partial charge in [-0.05, 0) is 49.7 Å². The summed E-state index contributed by atoms with van der Waals surface area (Å²) in [6.07, 6.45) is -1.45. The van der Waals surface area contributed by atoms with Crippen LogP contribution < -0.4 is 27.0 Å². The minimum Gasteiger partial charge on any atom is -0.481 e. The number of hydrogen-bond acceptors (Lipinski definition) is 9. The zero-order chi connectivity index (χ0) is 39.2. The Hall–Kier alpha value is -5.35. The molecule has 1 heterocycles. The van der Waals surface area contributed by atoms with E-state index in [0.717, 1.165) is 5.56 Å². The van der Waals surface area contributed by atoms with Crippen molar-refractivity contribution in [2.45, 2.75) is 102 Å². The van der Waals surface area contributed by atoms with E-state index in [1.165, 1.54) is 11.8 Å². The lowest BCUT2D eigenvalue weighted by molar-refractivity contribution is -0.149. The van der Waals surface area contributed by atoms with Crippen LogP contribution in [0, 0.1) is 5.92 Å². The second kappa shape index (κ2) is 20.0. The van der Waals surface area contributed by atoms with Crippen LogP contribution in [0.1, 0.15) is 57.6 Å². The van der Waals surface area contributed by atoms with Crippen LogP contribution >= 0.6 is 0 Å². The third-order valence-electron chi connectivity index (χ3n) is 8.77. The summed E-state index contributed by atoms with van der Waals surface area (Å²) in [5.74, 6) is -6.93. The molecule has 0 aromatic heterocycles. The van der Waals surface area contributed by atoms with Crippen molar-refractivity contribution in [2.24, 2.45) is 11.7 Å². The van der Waals surface area contributed by atoms with Crippen LogP contribution in [0.2, 0.25) is 0 Å². The molecule has 0 unspecified atom stereocenters. The molecule has 5 amide bonds. The Morgan fingerprint density at radius 2 is 1.26 bits per heavy atom. The minimum absolute atomic E-state index is 0.0695. The summed E-state index contributed by atoms with van der Waals surface area (Å²) in [5.41, 5.74) is 7.38. The molecule has 0 radical (unpaired) electrons. The topological polar surface area (TPSA) is 258 Å². The maximum atomic E-state index is 13.9. The maximum absolute atomic E-state index is 13.9. The predicted octanol–water partition coefficient (Wildman–Crippen LogP) is -0.284. The van der Waals surface area contributed by atoms with Gasteiger partial charge in [0.05, 0.1) is 18.6 Å². The number of carbonyl (C=O) groups is 7. The van der Waals surface area contributed by atoms with E-state index in [2.05, 4.69) is 21.3 Å². The fourth-order valence-corrected chi connectivity index (χ4v) is 6.06. The van der Waals surface area contributed by atoms with Crippen molar-refractivity contribution in [1.82, 2.24) is 26.2 Å². The molecular weight excluding hydrogens is 688 g/mol. The molecule has 16 heteroatoms. The van der Waals surface area contributed by atoms with E-state index >= 15 is 0 Å². The first-order chi connectivity index (χ1) is 25.1. The highest BCUT2D eigenvalue weighted by Crippen LogP contribution is 2.21. The molecule has 1 saturated heterocycles. The van der Waals surface area contributed by atoms with E-state index in [-0.39, 0.29) is 38.1 Å². The normalized spacial score (nSPS) is 17.4. The molecule has 0 aliphatic carbocycles. The molecule has 2 aromatic carbocycles. The van der Waals surface area contributed by atoms with Gasteiger partial charge in [0, 0.05) is 13.0 Å². The molecule has 7 atom stereocenters. The highest BCUT2D eigenvalue weighted by Gasteiger charge is 2.39. The molecule has 288 valence electrons. The van der Waals surface area contributed by atoms with Crippen molar-refractivity contribution >= 4 is 41.5 Å². The summed E-state index contributed by atoms with van der Waals surface area (Å²) < 4.78 is 0. The molecule has 2 aromatic rings. The van der Waals surface area contributed by atoms with E-state index < -0.39 is 90.3 Å². The van der Waals surface area contributed by atoms with Gasteiger partial charge in [0.1, 0.15) is 30.2 Å². The molecule has 0 saturated carbocycles. The van der Waals surface area contributed by atoms with Crippen molar-refractivity contribution in [3.05, 3.63) is 71.8 Å². The number of likely N-dealkylation sites (tertiary alicyclic amines) is 1. The standard InChI is InChI=1S/C37H50N6O10/c1-21(2)17-28(36(51)43-16-10-15-29(43)37(52)53)41-33(48)26(19-24-13-8-5-9-14-24)40-35(50)31(22(3)44)42-34(49)27(20-30(45)46)39-32(47)25(38)18-23-11-6-4-7-12-23/h4-9,11-14,21-22,25-29,31,44H,10,15-20,38H2,1-3H3,(H,39,47)(H,40,50)(H,41,48)(H,42,49)(H,45,46)(H,52,53)/t22-,25+,26+,27+,28+,29+,31+/m1/s1. The average molecular weight is 739 g/mol. The number of nitrogens with zero attached hydrogens (tertiary/aromatic N) is 1. The Morgan fingerprint density at radius 3 is 1.79 bits per heavy atom. The van der Waals surface area contributed by atoms with Gasteiger partial charge in [0.25, 0.3) is 0 Å². The zero-order valence-corrected chi connectivity index (χ0v) is 30.1. The lowest BCUT2D eigenvalue weighted by atomic mass is 10.00. The summed E-state index contributed by atoms with van der Waals surface area (Å²) >= 11 is 0. The predicted molar refractivity (Wildman–Crippen MR) is 192 cm³/mol. The van der Waals surface area contributed by atoms with Gasteiger partial charge in [-0.25, -0.2) is 4.79 Å². The molecule has 9 N–H and O–H groups in total. The van der Waals surface area contributed by atoms with Crippen molar-refractivity contribution in [3.63, 3.8) is 0 Å². The lowest BCUT2D eigenvalue weighted by Crippen LogP contribution is -2.62. The van der Waals surface area contributed by atoms with Crippen LogP contribution in [0.25, 0.3) is 0 Å². The molecule has 0 bridgehead atoms. The lowest BCUT2D eigenvalue weighted by Gasteiger charge is -2.30. The second-order valence-electron chi connectivity index (χ2n) is 13.7. The molecule has 0 spiro atoms. The van der Waals surface area contributed by atoms with E-state index in [9.17, 15) is 48.9 Å². The first-order valence-electron chi connectivity index (χ1n) is 17.5. The highest BCUT2D eigenvalue weighted by molar-refractivity contribution is 5.97. The third kappa shape index (κ3) is 13.0. The van der Waals surface area contributed by atoms with Gasteiger partial charge < -0.3 is 47.2 Å². The van der Waals surface area contributed by atoms with Gasteiger partial charge in [-0.1, -0.05) is 74.5 Å². The molecule has 1 fully saturated rings. The van der Waals surface area contributed by atoms with Gasteiger partial charge in [-0.2, -0.15) is 0 Å². The minimum atomic E-state index is -1.71. The highest BCUT2D eigenvalue weighted by atomic mass is 16.4. The number of amides is 5. The number of nitrogens with two attached hydrogens (primary N) is 1. The van der Waals surface area contributed by atoms with Gasteiger partial charge in [0.2, 0.25) is 29.5 Å². The Kier molecular flexibility index (Phi) is 15.9. The zero-order valence-electron chi connectivity index (χ0n) is 30.1. The number of rotatable bonds is 19. The number of aliphatic carboxylic acids is 2. The van der Waals surface area contributed by atoms with Crippen LogP contribution in [0.15, 0.2) is 60.7 Å². The number of nitrogens with one attached hydrogen (secondary N) is 4. The number of carboxylic acids is 2. The van der Waals surface area contributed by atoms with Crippen molar-refractivity contribution in [3.8, 4) is 0 Å². The summed E-state index contributed by atoms with van der Waals surface area (Å²) in [5, 5.41) is 39.6. The quantitative estimate of drug-likeness (QED) is 0.0930. The molecule has 16 nitrogen and oxygen atoms in total. The number of benzene rings is 2. The molecule has 1 aliphatic heterocycles. The molecule has 53 heavy (non-hydrogen) atoms.